The molecule has 0 radical (unpaired) electrons. The van der Waals surface area contributed by atoms with Gasteiger partial charge in [0.25, 0.3) is 0 Å². The molecule has 0 bridgehead atoms. The highest BCUT2D eigenvalue weighted by atomic mass is 35.5. The van der Waals surface area contributed by atoms with Gasteiger partial charge in [-0.3, -0.25) is 4.79 Å². The summed E-state index contributed by atoms with van der Waals surface area (Å²) in [7, 11) is 0. The van der Waals surface area contributed by atoms with Gasteiger partial charge in [0, 0.05) is 19.4 Å². The quantitative estimate of drug-likeness (QED) is 0.791. The molecule has 2 nitrogen and oxygen atoms in total. The molecule has 4 heteroatoms. The Morgan fingerprint density at radius 2 is 2.32 bits per heavy atom. The molecule has 1 atom stereocenters. The van der Waals surface area contributed by atoms with E-state index >= 15 is 0 Å². The number of Topliss-reactive ketones (excluding diaryl/α,β-unsaturated/α-hetero) is 1. The average molecular weight is 285 g/mol. The maximum absolute atomic E-state index is 13.6. The van der Waals surface area contributed by atoms with Crippen LogP contribution in [-0.4, -0.2) is 18.5 Å². The summed E-state index contributed by atoms with van der Waals surface area (Å²) in [6.07, 6.45) is 4.86. The predicted octanol–water partition coefficient (Wildman–Crippen LogP) is 3.94. The number of ketones is 1. The van der Waals surface area contributed by atoms with Crippen LogP contribution in [-0.2, 0) is 16.0 Å². The van der Waals surface area contributed by atoms with Crippen molar-refractivity contribution in [1.82, 2.24) is 0 Å². The lowest BCUT2D eigenvalue weighted by molar-refractivity contribution is -0.118. The predicted molar refractivity (Wildman–Crippen MR) is 72.9 cm³/mol. The standard InChI is InChI=1S/C15H18ClFO2/c16-14-8-1-4-11(15(14)17)10-12(18)5-2-6-13-7-3-9-19-13/h1,4,8,13H,2-3,5-7,9-10H2. The zero-order valence-electron chi connectivity index (χ0n) is 10.8. The fraction of sp³-hybridized carbons (Fsp3) is 0.533. The number of halogens is 2. The van der Waals surface area contributed by atoms with E-state index in [4.69, 9.17) is 16.3 Å². The first-order chi connectivity index (χ1) is 9.16. The van der Waals surface area contributed by atoms with Crippen LogP contribution in [0.4, 0.5) is 4.39 Å². The highest BCUT2D eigenvalue weighted by Crippen LogP contribution is 2.20. The summed E-state index contributed by atoms with van der Waals surface area (Å²) < 4.78 is 19.1. The van der Waals surface area contributed by atoms with Crippen molar-refractivity contribution in [1.29, 1.82) is 0 Å². The highest BCUT2D eigenvalue weighted by Gasteiger charge is 2.16. The monoisotopic (exact) mass is 284 g/mol. The lowest BCUT2D eigenvalue weighted by atomic mass is 10.0. The molecule has 0 saturated carbocycles. The van der Waals surface area contributed by atoms with Crippen molar-refractivity contribution >= 4 is 17.4 Å². The molecule has 104 valence electrons. The van der Waals surface area contributed by atoms with Gasteiger partial charge in [0.2, 0.25) is 0 Å². The average Bonchev–Trinajstić information content (AvgIpc) is 2.88. The minimum Gasteiger partial charge on any atom is -0.378 e. The van der Waals surface area contributed by atoms with Crippen molar-refractivity contribution in [2.24, 2.45) is 0 Å². The van der Waals surface area contributed by atoms with Gasteiger partial charge in [-0.2, -0.15) is 0 Å². The van der Waals surface area contributed by atoms with Gasteiger partial charge in [-0.05, 0) is 37.3 Å². The van der Waals surface area contributed by atoms with E-state index in [2.05, 4.69) is 0 Å². The van der Waals surface area contributed by atoms with Crippen molar-refractivity contribution in [3.05, 3.63) is 34.6 Å². The van der Waals surface area contributed by atoms with E-state index in [1.54, 1.807) is 12.1 Å². The SMILES string of the molecule is O=C(CCCC1CCCO1)Cc1cccc(Cl)c1F. The number of benzene rings is 1. The van der Waals surface area contributed by atoms with Gasteiger partial charge in [-0.15, -0.1) is 0 Å². The van der Waals surface area contributed by atoms with Crippen molar-refractivity contribution in [2.75, 3.05) is 6.61 Å². The summed E-state index contributed by atoms with van der Waals surface area (Å²) in [5.74, 6) is -0.421. The smallest absolute Gasteiger partial charge is 0.145 e. The van der Waals surface area contributed by atoms with Crippen LogP contribution in [0.3, 0.4) is 0 Å². The summed E-state index contributed by atoms with van der Waals surface area (Å²) in [6, 6.07) is 4.77. The summed E-state index contributed by atoms with van der Waals surface area (Å²) in [5, 5.41) is 0.0738. The molecule has 0 aliphatic carbocycles. The summed E-state index contributed by atoms with van der Waals surface area (Å²) in [4.78, 5) is 11.8. The maximum atomic E-state index is 13.6. The zero-order valence-corrected chi connectivity index (χ0v) is 11.6. The zero-order chi connectivity index (χ0) is 13.7. The van der Waals surface area contributed by atoms with Gasteiger partial charge in [0.05, 0.1) is 11.1 Å². The fourth-order valence-corrected chi connectivity index (χ4v) is 2.58. The number of hydrogen-bond donors (Lipinski definition) is 0. The van der Waals surface area contributed by atoms with Gasteiger partial charge in [-0.1, -0.05) is 23.7 Å². The third-order valence-corrected chi connectivity index (χ3v) is 3.72. The topological polar surface area (TPSA) is 26.3 Å². The van der Waals surface area contributed by atoms with E-state index in [-0.39, 0.29) is 17.2 Å². The molecule has 1 unspecified atom stereocenters. The molecule has 1 aliphatic heterocycles. The molecule has 1 saturated heterocycles. The molecule has 0 N–H and O–H groups in total. The lowest BCUT2D eigenvalue weighted by Gasteiger charge is -2.08. The van der Waals surface area contributed by atoms with E-state index in [0.717, 1.165) is 32.3 Å². The molecule has 1 heterocycles. The van der Waals surface area contributed by atoms with E-state index in [0.29, 0.717) is 18.1 Å². The fourth-order valence-electron chi connectivity index (χ4n) is 2.38. The van der Waals surface area contributed by atoms with Crippen LogP contribution in [0.2, 0.25) is 5.02 Å². The second-order valence-electron chi connectivity index (χ2n) is 4.96. The molecule has 1 fully saturated rings. The van der Waals surface area contributed by atoms with Crippen molar-refractivity contribution < 1.29 is 13.9 Å². The first-order valence-electron chi connectivity index (χ1n) is 6.73. The molecule has 2 rings (SSSR count). The molecular formula is C15H18ClFO2. The van der Waals surface area contributed by atoms with Crippen molar-refractivity contribution in [3.8, 4) is 0 Å². The second kappa shape index (κ2) is 7.01. The molecule has 0 amide bonds. The van der Waals surface area contributed by atoms with Crippen molar-refractivity contribution in [3.63, 3.8) is 0 Å². The van der Waals surface area contributed by atoms with Crippen molar-refractivity contribution in [2.45, 2.75) is 44.6 Å². The molecule has 1 aliphatic rings. The summed E-state index contributed by atoms with van der Waals surface area (Å²) >= 11 is 5.68. The second-order valence-corrected chi connectivity index (χ2v) is 5.36. The van der Waals surface area contributed by atoms with Gasteiger partial charge in [-0.25, -0.2) is 4.39 Å². The van der Waals surface area contributed by atoms with Gasteiger partial charge in [0.15, 0.2) is 0 Å². The largest absolute Gasteiger partial charge is 0.378 e. The van der Waals surface area contributed by atoms with Crippen LogP contribution in [0.5, 0.6) is 0 Å². The summed E-state index contributed by atoms with van der Waals surface area (Å²) in [6.45, 7) is 0.840. The Hall–Kier alpha value is -0.930. The molecule has 0 spiro atoms. The Balaban J connectivity index is 1.76. The Labute approximate surface area is 117 Å². The third-order valence-electron chi connectivity index (χ3n) is 3.42. The normalized spacial score (nSPS) is 18.7. The molecular weight excluding hydrogens is 267 g/mol. The minimum absolute atomic E-state index is 0.0548. The van der Waals surface area contributed by atoms with E-state index in [1.165, 1.54) is 6.07 Å². The van der Waals surface area contributed by atoms with Crippen LogP contribution < -0.4 is 0 Å². The van der Waals surface area contributed by atoms with Gasteiger partial charge < -0.3 is 4.74 Å². The van der Waals surface area contributed by atoms with Crippen LogP contribution in [0.15, 0.2) is 18.2 Å². The van der Waals surface area contributed by atoms with E-state index in [9.17, 15) is 9.18 Å². The number of carbonyl (C=O) groups is 1. The minimum atomic E-state index is -0.475. The number of hydrogen-bond acceptors (Lipinski definition) is 2. The van der Waals surface area contributed by atoms with Crippen LogP contribution in [0, 0.1) is 5.82 Å². The van der Waals surface area contributed by atoms with Crippen LogP contribution in [0.1, 0.15) is 37.7 Å². The Kier molecular flexibility index (Phi) is 5.34. The molecule has 1 aromatic carbocycles. The Bertz CT molecular complexity index is 442. The Morgan fingerprint density at radius 3 is 3.05 bits per heavy atom. The van der Waals surface area contributed by atoms with Gasteiger partial charge in [0.1, 0.15) is 11.6 Å². The third kappa shape index (κ3) is 4.29. The number of carbonyl (C=O) groups excluding carboxylic acids is 1. The maximum Gasteiger partial charge on any atom is 0.145 e. The molecule has 1 aromatic rings. The number of rotatable bonds is 6. The first-order valence-corrected chi connectivity index (χ1v) is 7.11. The highest BCUT2D eigenvalue weighted by molar-refractivity contribution is 6.30. The summed E-state index contributed by atoms with van der Waals surface area (Å²) in [5.41, 5.74) is 0.384. The lowest BCUT2D eigenvalue weighted by Crippen LogP contribution is -2.08. The Morgan fingerprint density at radius 1 is 1.47 bits per heavy atom. The van der Waals surface area contributed by atoms with Crippen LogP contribution in [0.25, 0.3) is 0 Å². The molecule has 0 aromatic heterocycles. The van der Waals surface area contributed by atoms with Gasteiger partial charge >= 0.3 is 0 Å². The van der Waals surface area contributed by atoms with Crippen LogP contribution >= 0.6 is 11.6 Å². The first kappa shape index (κ1) is 14.5. The molecule has 19 heavy (non-hydrogen) atoms. The number of ether oxygens (including phenoxy) is 1. The van der Waals surface area contributed by atoms with E-state index < -0.39 is 5.82 Å². The van der Waals surface area contributed by atoms with E-state index in [1.807, 2.05) is 0 Å².